The first-order valence-corrected chi connectivity index (χ1v) is 12.2. The molecule has 4 atom stereocenters. The zero-order chi connectivity index (χ0) is 24.1. The summed E-state index contributed by atoms with van der Waals surface area (Å²) < 4.78 is 9.02. The summed E-state index contributed by atoms with van der Waals surface area (Å²) in [6.45, 7) is 2.64. The normalized spacial score (nSPS) is 22.7. The highest BCUT2D eigenvalue weighted by Crippen LogP contribution is 2.32. The van der Waals surface area contributed by atoms with Gasteiger partial charge in [-0.15, -0.1) is 0 Å². The summed E-state index contributed by atoms with van der Waals surface area (Å²) in [5.41, 5.74) is 7.60. The predicted molar refractivity (Wildman–Crippen MR) is 127 cm³/mol. The van der Waals surface area contributed by atoms with Gasteiger partial charge in [0.1, 0.15) is 23.8 Å². The van der Waals surface area contributed by atoms with Gasteiger partial charge in [0, 0.05) is 12.7 Å². The Labute approximate surface area is 198 Å². The largest absolute Gasteiger partial charge is 0.394 e. The molecule has 1 saturated heterocycles. The lowest BCUT2D eigenvalue weighted by Gasteiger charge is -2.16. The van der Waals surface area contributed by atoms with E-state index < -0.39 is 31.1 Å². The van der Waals surface area contributed by atoms with Gasteiger partial charge in [-0.05, 0) is 6.42 Å². The minimum atomic E-state index is -1.25. The number of aliphatic hydroxyl groups is 3. The molecule has 11 nitrogen and oxygen atoms in total. The Kier molecular flexibility index (Phi) is 8.09. The molecule has 2 unspecified atom stereocenters. The van der Waals surface area contributed by atoms with Gasteiger partial charge < -0.3 is 25.8 Å². The molecule has 4 heterocycles. The standard InChI is InChI=1S/C23H35N7O4/c1-2-3-4-5-6-7-8-9-10-29-12-15(11-26-29)21-27-20(24)17-22(28-21)30(14-25-17)23-19(33)18(32)16(13-31)34-23/h11-12,14,16,18-19,23,31-33H,2-10,13H2,1H3,(H2,24,27,28)/t16?,18-,19-,23?/m1/s1. The van der Waals surface area contributed by atoms with Crippen molar-refractivity contribution in [1.82, 2.24) is 29.3 Å². The average molecular weight is 474 g/mol. The van der Waals surface area contributed by atoms with Crippen LogP contribution in [0.1, 0.15) is 64.5 Å². The first kappa shape index (κ1) is 24.5. The number of unbranched alkanes of at least 4 members (excludes halogenated alkanes) is 7. The Morgan fingerprint density at radius 3 is 2.47 bits per heavy atom. The first-order chi connectivity index (χ1) is 16.5. The van der Waals surface area contributed by atoms with Crippen LogP contribution in [-0.2, 0) is 11.3 Å². The third-order valence-electron chi connectivity index (χ3n) is 6.37. The number of imidazole rings is 1. The van der Waals surface area contributed by atoms with Gasteiger partial charge in [0.05, 0.1) is 24.7 Å². The molecule has 1 aliphatic heterocycles. The van der Waals surface area contributed by atoms with Crippen LogP contribution in [0.25, 0.3) is 22.6 Å². The average Bonchev–Trinajstić information content (AvgIpc) is 3.54. The van der Waals surface area contributed by atoms with Crippen molar-refractivity contribution in [1.29, 1.82) is 0 Å². The van der Waals surface area contributed by atoms with Gasteiger partial charge in [-0.1, -0.05) is 51.9 Å². The molecule has 5 N–H and O–H groups in total. The fourth-order valence-electron chi connectivity index (χ4n) is 4.37. The second-order valence-corrected chi connectivity index (χ2v) is 8.95. The molecule has 0 spiro atoms. The Hall–Kier alpha value is -2.60. The lowest BCUT2D eigenvalue weighted by atomic mass is 10.1. The quantitative estimate of drug-likeness (QED) is 0.289. The molecule has 0 saturated carbocycles. The molecule has 186 valence electrons. The molecule has 0 amide bonds. The van der Waals surface area contributed by atoms with Gasteiger partial charge in [-0.2, -0.15) is 5.10 Å². The monoisotopic (exact) mass is 473 g/mol. The van der Waals surface area contributed by atoms with E-state index in [1.165, 1.54) is 55.8 Å². The molecule has 0 bridgehead atoms. The predicted octanol–water partition coefficient (Wildman–Crippen LogP) is 2.02. The van der Waals surface area contributed by atoms with Crippen molar-refractivity contribution in [3.8, 4) is 11.4 Å². The van der Waals surface area contributed by atoms with Crippen LogP contribution < -0.4 is 5.73 Å². The molecule has 0 aromatic carbocycles. The lowest BCUT2D eigenvalue weighted by Crippen LogP contribution is -2.33. The van der Waals surface area contributed by atoms with Crippen molar-refractivity contribution in [3.63, 3.8) is 0 Å². The molecule has 0 aliphatic carbocycles. The number of nitrogens with zero attached hydrogens (tertiary/aromatic N) is 6. The second-order valence-electron chi connectivity index (χ2n) is 8.95. The molecule has 0 radical (unpaired) electrons. The number of aliphatic hydroxyl groups excluding tert-OH is 3. The molecular weight excluding hydrogens is 438 g/mol. The van der Waals surface area contributed by atoms with E-state index in [4.69, 9.17) is 10.5 Å². The Bertz CT molecular complexity index is 1070. The van der Waals surface area contributed by atoms with E-state index in [1.807, 2.05) is 10.9 Å². The number of ether oxygens (including phenoxy) is 1. The summed E-state index contributed by atoms with van der Waals surface area (Å²) in [5, 5.41) is 34.3. The maximum atomic E-state index is 10.4. The number of anilines is 1. The highest BCUT2D eigenvalue weighted by molar-refractivity contribution is 5.83. The van der Waals surface area contributed by atoms with Crippen molar-refractivity contribution in [2.24, 2.45) is 0 Å². The van der Waals surface area contributed by atoms with Crippen molar-refractivity contribution < 1.29 is 20.1 Å². The van der Waals surface area contributed by atoms with Crippen LogP contribution in [0.15, 0.2) is 18.7 Å². The van der Waals surface area contributed by atoms with E-state index in [1.54, 1.807) is 6.20 Å². The van der Waals surface area contributed by atoms with E-state index in [0.717, 1.165) is 18.5 Å². The number of rotatable bonds is 12. The third kappa shape index (κ3) is 5.22. The third-order valence-corrected chi connectivity index (χ3v) is 6.37. The number of nitrogens with two attached hydrogens (primary N) is 1. The summed E-state index contributed by atoms with van der Waals surface area (Å²) in [7, 11) is 0. The van der Waals surface area contributed by atoms with E-state index in [-0.39, 0.29) is 5.82 Å². The molecule has 3 aromatic rings. The highest BCUT2D eigenvalue weighted by atomic mass is 16.6. The van der Waals surface area contributed by atoms with Gasteiger partial charge >= 0.3 is 0 Å². The zero-order valence-electron chi connectivity index (χ0n) is 19.6. The van der Waals surface area contributed by atoms with Crippen LogP contribution in [0.2, 0.25) is 0 Å². The van der Waals surface area contributed by atoms with Gasteiger partial charge in [-0.3, -0.25) is 9.25 Å². The topological polar surface area (TPSA) is 157 Å². The van der Waals surface area contributed by atoms with Crippen molar-refractivity contribution in [2.75, 3.05) is 12.3 Å². The second kappa shape index (κ2) is 11.2. The molecule has 1 fully saturated rings. The minimum absolute atomic E-state index is 0.196. The van der Waals surface area contributed by atoms with Gasteiger partial charge in [0.25, 0.3) is 0 Å². The van der Waals surface area contributed by atoms with Crippen LogP contribution in [0, 0.1) is 0 Å². The molecule has 34 heavy (non-hydrogen) atoms. The summed E-state index contributed by atoms with van der Waals surface area (Å²) >= 11 is 0. The summed E-state index contributed by atoms with van der Waals surface area (Å²) in [4.78, 5) is 13.2. The van der Waals surface area contributed by atoms with E-state index in [0.29, 0.717) is 17.0 Å². The smallest absolute Gasteiger partial charge is 0.168 e. The number of nitrogen functional groups attached to an aromatic ring is 1. The number of aromatic nitrogens is 6. The molecule has 3 aromatic heterocycles. The number of hydrogen-bond donors (Lipinski definition) is 4. The SMILES string of the molecule is CCCCCCCCCCn1cc(-c2nc(N)c3ncn(C4OC(CO)[C@@H](O)[C@H]4O)c3n2)cn1. The van der Waals surface area contributed by atoms with E-state index in [9.17, 15) is 15.3 Å². The van der Waals surface area contributed by atoms with Crippen LogP contribution >= 0.6 is 0 Å². The number of aryl methyl sites for hydroxylation is 1. The van der Waals surface area contributed by atoms with Gasteiger partial charge in [0.15, 0.2) is 23.5 Å². The van der Waals surface area contributed by atoms with E-state index in [2.05, 4.69) is 27.0 Å². The van der Waals surface area contributed by atoms with Gasteiger partial charge in [0.2, 0.25) is 0 Å². The molecule has 1 aliphatic rings. The van der Waals surface area contributed by atoms with Crippen LogP contribution in [0.4, 0.5) is 5.82 Å². The Morgan fingerprint density at radius 2 is 1.76 bits per heavy atom. The first-order valence-electron chi connectivity index (χ1n) is 12.2. The molecular formula is C23H35N7O4. The van der Waals surface area contributed by atoms with Crippen molar-refractivity contribution >= 4 is 17.0 Å². The number of fused-ring (bicyclic) bond motifs is 1. The minimum Gasteiger partial charge on any atom is -0.394 e. The van der Waals surface area contributed by atoms with Crippen LogP contribution in [0.5, 0.6) is 0 Å². The Morgan fingerprint density at radius 1 is 1.03 bits per heavy atom. The maximum Gasteiger partial charge on any atom is 0.168 e. The van der Waals surface area contributed by atoms with Crippen LogP contribution in [-0.4, -0.2) is 69.5 Å². The van der Waals surface area contributed by atoms with Crippen molar-refractivity contribution in [2.45, 2.75) is 89.4 Å². The fraction of sp³-hybridized carbons (Fsp3) is 0.652. The summed E-state index contributed by atoms with van der Waals surface area (Å²) in [5.74, 6) is 0.585. The summed E-state index contributed by atoms with van der Waals surface area (Å²) in [6.07, 6.45) is 10.8. The summed E-state index contributed by atoms with van der Waals surface area (Å²) in [6, 6.07) is 0. The fourth-order valence-corrected chi connectivity index (χ4v) is 4.37. The maximum absolute atomic E-state index is 10.4. The lowest BCUT2D eigenvalue weighted by molar-refractivity contribution is -0.0511. The zero-order valence-corrected chi connectivity index (χ0v) is 19.6. The van der Waals surface area contributed by atoms with E-state index >= 15 is 0 Å². The molecule has 4 rings (SSSR count). The highest BCUT2D eigenvalue weighted by Gasteiger charge is 2.44. The molecule has 11 heteroatoms. The Balaban J connectivity index is 1.43. The van der Waals surface area contributed by atoms with Gasteiger partial charge in [-0.25, -0.2) is 15.0 Å². The van der Waals surface area contributed by atoms with Crippen molar-refractivity contribution in [3.05, 3.63) is 18.7 Å². The van der Waals surface area contributed by atoms with Crippen LogP contribution in [0.3, 0.4) is 0 Å². The number of hydrogen-bond acceptors (Lipinski definition) is 9.